The quantitative estimate of drug-likeness (QED) is 0.108. The number of morpholine rings is 2. The zero-order chi connectivity index (χ0) is 49.0. The molecule has 0 bridgehead atoms. The number of nitrogens with zero attached hydrogens (tertiary/aromatic N) is 6. The van der Waals surface area contributed by atoms with Gasteiger partial charge in [0.2, 0.25) is 11.5 Å². The van der Waals surface area contributed by atoms with Crippen molar-refractivity contribution in [2.45, 2.75) is 26.1 Å². The Morgan fingerprint density at radius 3 is 1.54 bits per heavy atom. The van der Waals surface area contributed by atoms with E-state index in [9.17, 15) is 24.3 Å². The predicted molar refractivity (Wildman–Crippen MR) is 266 cm³/mol. The Kier molecular flexibility index (Phi) is 13.7. The molecule has 0 aliphatic carbocycles. The molecule has 9 aromatic rings. The topological polar surface area (TPSA) is 193 Å². The number of Topliss-reactive ketones (excluding diaryl/α,β-unsaturated/α-hetero) is 1. The lowest BCUT2D eigenvalue weighted by Crippen LogP contribution is -2.36. The molecule has 0 atom stereocenters. The number of carboxylic acids is 1. The molecule has 2 saturated heterocycles. The summed E-state index contributed by atoms with van der Waals surface area (Å²) in [6.45, 7) is 5.19. The lowest BCUT2D eigenvalue weighted by Gasteiger charge is -2.29. The Morgan fingerprint density at radius 1 is 0.577 bits per heavy atom. The maximum atomic E-state index is 13.8. The van der Waals surface area contributed by atoms with Gasteiger partial charge in [0.1, 0.15) is 13.2 Å². The molecule has 0 spiro atoms. The third kappa shape index (κ3) is 9.77. The van der Waals surface area contributed by atoms with E-state index in [0.29, 0.717) is 91.0 Å². The summed E-state index contributed by atoms with van der Waals surface area (Å²) in [4.78, 5) is 65.7. The number of hydrogen-bond donors (Lipinski definition) is 1. The molecule has 0 saturated carbocycles. The van der Waals surface area contributed by atoms with Crippen LogP contribution in [0.4, 0.5) is 11.4 Å². The van der Waals surface area contributed by atoms with Crippen LogP contribution in [0.25, 0.3) is 33.2 Å². The fraction of sp³-hybridized carbons (Fsp3) is 0.231. The zero-order valence-electron chi connectivity index (χ0n) is 37.9. The Labute approximate surface area is 413 Å². The maximum absolute atomic E-state index is 13.8. The molecule has 19 heteroatoms. The van der Waals surface area contributed by atoms with Crippen molar-refractivity contribution >= 4 is 79.6 Å². The molecule has 17 nitrogen and oxygen atoms in total. The molecule has 6 heterocycles. The first-order chi connectivity index (χ1) is 34.6. The molecule has 1 N–H and O–H groups in total. The van der Waals surface area contributed by atoms with Crippen molar-refractivity contribution in [3.63, 3.8) is 0 Å². The van der Waals surface area contributed by atoms with Crippen molar-refractivity contribution in [1.82, 2.24) is 19.1 Å². The number of ether oxygens (including phenoxy) is 4. The molecule has 2 aliphatic heterocycles. The average molecular weight is 1000 g/mol. The smallest absolute Gasteiger partial charge is 0.358 e. The summed E-state index contributed by atoms with van der Waals surface area (Å²) in [5.74, 6) is -2.18. The maximum Gasteiger partial charge on any atom is 0.358 e. The molecular formula is C52H44Cl2N6O11. The molecule has 5 aromatic carbocycles. The van der Waals surface area contributed by atoms with Crippen molar-refractivity contribution in [2.75, 3.05) is 62.4 Å². The van der Waals surface area contributed by atoms with Crippen LogP contribution < -0.4 is 30.4 Å². The number of aryl methyl sites for hydroxylation is 1. The number of rotatable bonds is 13. The molecule has 2 aliphatic rings. The van der Waals surface area contributed by atoms with Gasteiger partial charge in [-0.2, -0.15) is 0 Å². The second kappa shape index (κ2) is 20.7. The van der Waals surface area contributed by atoms with E-state index in [2.05, 4.69) is 14.8 Å². The Morgan fingerprint density at radius 2 is 1.06 bits per heavy atom. The average Bonchev–Trinajstić information content (AvgIpc) is 3.99. The fourth-order valence-electron chi connectivity index (χ4n) is 8.57. The molecule has 0 radical (unpaired) electrons. The number of aromatic carboxylic acids is 1. The number of fused-ring (bicyclic) bond motifs is 6. The van der Waals surface area contributed by atoms with Crippen LogP contribution in [0.1, 0.15) is 44.1 Å². The van der Waals surface area contributed by atoms with E-state index < -0.39 is 22.8 Å². The number of carbonyl (C=O) groups excluding carboxylic acids is 1. The third-order valence-corrected chi connectivity index (χ3v) is 12.8. The van der Waals surface area contributed by atoms with Crippen LogP contribution in [0.2, 0.25) is 10.0 Å². The third-order valence-electron chi connectivity index (χ3n) is 12.1. The van der Waals surface area contributed by atoms with Gasteiger partial charge in [-0.1, -0.05) is 102 Å². The van der Waals surface area contributed by atoms with Gasteiger partial charge in [-0.15, -0.1) is 9.15 Å². The predicted octanol–water partition coefficient (Wildman–Crippen LogP) is 8.53. The van der Waals surface area contributed by atoms with Crippen LogP contribution in [0, 0.1) is 0 Å². The van der Waals surface area contributed by atoms with Gasteiger partial charge in [-0.25, -0.2) is 14.8 Å². The van der Waals surface area contributed by atoms with E-state index in [1.165, 1.54) is 0 Å². The number of carbonyl (C=O) groups is 2. The first-order valence-corrected chi connectivity index (χ1v) is 23.6. The minimum Gasteiger partial charge on any atom is -0.481 e. The van der Waals surface area contributed by atoms with Crippen molar-refractivity contribution in [3.8, 4) is 11.5 Å². The van der Waals surface area contributed by atoms with Gasteiger partial charge in [0.05, 0.1) is 58.6 Å². The highest BCUT2D eigenvalue weighted by Gasteiger charge is 2.28. The van der Waals surface area contributed by atoms with Gasteiger partial charge >= 0.3 is 17.1 Å². The number of aromatic nitrogens is 4. The summed E-state index contributed by atoms with van der Waals surface area (Å²) in [6, 6.07) is 34.9. The number of carboxylic acid groups (broad SMARTS) is 1. The molecule has 0 amide bonds. The van der Waals surface area contributed by atoms with Gasteiger partial charge in [0.15, 0.2) is 39.6 Å². The first-order valence-electron chi connectivity index (χ1n) is 22.8. The lowest BCUT2D eigenvalue weighted by molar-refractivity contribution is 0.0683. The lowest BCUT2D eigenvalue weighted by atomic mass is 10.1. The number of benzene rings is 5. The Balaban J connectivity index is 0.000000169. The molecule has 71 heavy (non-hydrogen) atoms. The van der Waals surface area contributed by atoms with Crippen LogP contribution in [-0.2, 0) is 29.1 Å². The van der Waals surface area contributed by atoms with Crippen LogP contribution in [0.5, 0.6) is 11.5 Å². The van der Waals surface area contributed by atoms with Crippen molar-refractivity contribution in [2.24, 2.45) is 0 Å². The summed E-state index contributed by atoms with van der Waals surface area (Å²) >= 11 is 12.2. The minimum atomic E-state index is -1.35. The number of halogens is 2. The highest BCUT2D eigenvalue weighted by molar-refractivity contribution is 6.42. The second-order valence-corrected chi connectivity index (χ2v) is 17.4. The van der Waals surface area contributed by atoms with E-state index in [1.807, 2.05) is 91.0 Å². The summed E-state index contributed by atoms with van der Waals surface area (Å²) in [7, 11) is 0. The standard InChI is InChI=1S/C30H25Cl2N3O5.C22H19N3O6/c31-21-11-9-19(17-22(21)32)10-12-24(36)27-28(39-18-20-5-2-1-3-6-20)30(37)35-29(33-27)26-23(7-4-8-25(26)40-35)34-13-15-38-16-14-34;26-21-19(30-13-14-5-2-1-3-6-14)18(22(27)28)23-20-17-15(24-9-11-29-12-10-24)7-4-8-16(17)31-25(20)21/h1-9,11,17H,10,12-16,18H2;1-8H,9-13H2,(H,27,28). The van der Waals surface area contributed by atoms with E-state index in [0.717, 1.165) is 37.2 Å². The van der Waals surface area contributed by atoms with Crippen molar-refractivity contribution < 1.29 is 42.7 Å². The van der Waals surface area contributed by atoms with E-state index in [1.54, 1.807) is 24.3 Å². The SMILES string of the molecule is O=C(CCc1ccc(Cl)c(Cl)c1)c1nc2c3c(N4CCOCC4)cccc3on2c(=O)c1OCc1ccccc1.O=C(O)c1nc2c3c(N4CCOCC4)cccc3on2c(=O)c1OCc1ccccc1. The Bertz CT molecular complexity index is 3550. The summed E-state index contributed by atoms with van der Waals surface area (Å²) in [6.07, 6.45) is 0.481. The number of ketones is 1. The Hall–Kier alpha value is -7.70. The van der Waals surface area contributed by atoms with Gasteiger partial charge in [-0.3, -0.25) is 14.4 Å². The second-order valence-electron chi connectivity index (χ2n) is 16.6. The van der Waals surface area contributed by atoms with Gasteiger partial charge in [0, 0.05) is 32.6 Å². The van der Waals surface area contributed by atoms with E-state index in [4.69, 9.17) is 56.2 Å². The van der Waals surface area contributed by atoms with Gasteiger partial charge in [0.25, 0.3) is 0 Å². The van der Waals surface area contributed by atoms with Crippen LogP contribution in [0.15, 0.2) is 134 Å². The summed E-state index contributed by atoms with van der Waals surface area (Å²) in [5, 5.41) is 11.8. The van der Waals surface area contributed by atoms with Crippen molar-refractivity contribution in [1.29, 1.82) is 0 Å². The normalized spacial score (nSPS) is 13.9. The van der Waals surface area contributed by atoms with E-state index in [-0.39, 0.29) is 53.9 Å². The van der Waals surface area contributed by atoms with Crippen molar-refractivity contribution in [3.05, 3.63) is 174 Å². The van der Waals surface area contributed by atoms with Crippen LogP contribution in [0.3, 0.4) is 0 Å². The fourth-order valence-corrected chi connectivity index (χ4v) is 8.89. The van der Waals surface area contributed by atoms with E-state index >= 15 is 0 Å². The monoisotopic (exact) mass is 998 g/mol. The minimum absolute atomic E-state index is 0.0273. The molecule has 0 unspecified atom stereocenters. The summed E-state index contributed by atoms with van der Waals surface area (Å²) < 4.78 is 36.3. The first kappa shape index (κ1) is 47.0. The molecule has 362 valence electrons. The summed E-state index contributed by atoms with van der Waals surface area (Å²) in [5.41, 5.74) is 3.75. The number of anilines is 2. The number of hydrogen-bond acceptors (Lipinski definition) is 14. The molecule has 4 aromatic heterocycles. The van der Waals surface area contributed by atoms with Crippen LogP contribution in [-0.4, -0.2) is 88.6 Å². The molecule has 2 fully saturated rings. The highest BCUT2D eigenvalue weighted by Crippen LogP contribution is 2.34. The van der Waals surface area contributed by atoms with Gasteiger partial charge in [-0.05, 0) is 59.5 Å². The highest BCUT2D eigenvalue weighted by atomic mass is 35.5. The zero-order valence-corrected chi connectivity index (χ0v) is 39.4. The molecular weight excluding hydrogens is 956 g/mol. The molecule has 11 rings (SSSR count). The largest absolute Gasteiger partial charge is 0.481 e. The van der Waals surface area contributed by atoms with Gasteiger partial charge < -0.3 is 42.9 Å². The van der Waals surface area contributed by atoms with Crippen LogP contribution >= 0.6 is 23.2 Å².